The van der Waals surface area contributed by atoms with Crippen LogP contribution in [0.5, 0.6) is 0 Å². The summed E-state index contributed by atoms with van der Waals surface area (Å²) in [4.78, 5) is 11.2. The highest BCUT2D eigenvalue weighted by Crippen LogP contribution is 2.37. The summed E-state index contributed by atoms with van der Waals surface area (Å²) in [5.74, 6) is -0.324. The van der Waals surface area contributed by atoms with Crippen LogP contribution >= 0.6 is 0 Å². The quantitative estimate of drug-likeness (QED) is 0.663. The molecule has 1 aliphatic rings. The van der Waals surface area contributed by atoms with E-state index in [1.807, 2.05) is 18.2 Å². The van der Waals surface area contributed by atoms with Crippen LogP contribution in [0, 0.1) is 0 Å². The molecule has 0 aliphatic carbocycles. The molecular weight excluding hydrogens is 195 g/mol. The van der Waals surface area contributed by atoms with Gasteiger partial charge in [-0.3, -0.25) is 4.79 Å². The lowest BCUT2D eigenvalue weighted by molar-refractivity contribution is -0.177. The fraction of sp³-hybridized carbons (Fsp3) is 0.417. The van der Waals surface area contributed by atoms with Gasteiger partial charge in [0.25, 0.3) is 0 Å². The van der Waals surface area contributed by atoms with E-state index in [2.05, 4.69) is 0 Å². The molecule has 0 spiro atoms. The first-order valence-corrected chi connectivity index (χ1v) is 5.04. The Morgan fingerprint density at radius 3 is 2.73 bits per heavy atom. The summed E-state index contributed by atoms with van der Waals surface area (Å²) in [6, 6.07) is 9.05. The van der Waals surface area contributed by atoms with Crippen molar-refractivity contribution in [2.45, 2.75) is 31.5 Å². The number of hydrogen-bond acceptors (Lipinski definition) is 2. The monoisotopic (exact) mass is 208 g/mol. The van der Waals surface area contributed by atoms with E-state index in [0.717, 1.165) is 0 Å². The van der Waals surface area contributed by atoms with E-state index in [0.29, 0.717) is 5.56 Å². The van der Waals surface area contributed by atoms with Crippen LogP contribution in [0.1, 0.15) is 25.3 Å². The van der Waals surface area contributed by atoms with Gasteiger partial charge in [0.2, 0.25) is 0 Å². The number of cyclic esters (lactones) is 1. The van der Waals surface area contributed by atoms with E-state index in [9.17, 15) is 9.18 Å². The summed E-state index contributed by atoms with van der Waals surface area (Å²) in [6.45, 7) is 1.63. The number of benzene rings is 1. The molecule has 0 aromatic heterocycles. The molecule has 1 fully saturated rings. The SMILES string of the molecule is C[C@@]1(c2ccccc2)OC(=O)CC[C@H]1F. The van der Waals surface area contributed by atoms with Crippen LogP contribution in [0.15, 0.2) is 30.3 Å². The zero-order valence-corrected chi connectivity index (χ0v) is 8.57. The zero-order valence-electron chi connectivity index (χ0n) is 8.57. The van der Waals surface area contributed by atoms with E-state index < -0.39 is 11.8 Å². The Morgan fingerprint density at radius 2 is 2.07 bits per heavy atom. The van der Waals surface area contributed by atoms with Gasteiger partial charge < -0.3 is 4.74 Å². The summed E-state index contributed by atoms with van der Waals surface area (Å²) < 4.78 is 19.0. The van der Waals surface area contributed by atoms with Gasteiger partial charge in [0, 0.05) is 6.42 Å². The van der Waals surface area contributed by atoms with Crippen molar-refractivity contribution in [1.29, 1.82) is 0 Å². The average Bonchev–Trinajstić information content (AvgIpc) is 2.25. The van der Waals surface area contributed by atoms with E-state index in [1.165, 1.54) is 0 Å². The van der Waals surface area contributed by atoms with E-state index in [1.54, 1.807) is 19.1 Å². The molecule has 1 aliphatic heterocycles. The molecule has 3 heteroatoms. The van der Waals surface area contributed by atoms with Crippen molar-refractivity contribution in [2.24, 2.45) is 0 Å². The Kier molecular flexibility index (Phi) is 2.47. The van der Waals surface area contributed by atoms with Crippen molar-refractivity contribution in [3.63, 3.8) is 0 Å². The maximum atomic E-state index is 13.8. The number of rotatable bonds is 1. The number of esters is 1. The van der Waals surface area contributed by atoms with Crippen molar-refractivity contribution in [1.82, 2.24) is 0 Å². The Labute approximate surface area is 88.1 Å². The summed E-state index contributed by atoms with van der Waals surface area (Å²) in [7, 11) is 0. The van der Waals surface area contributed by atoms with Gasteiger partial charge in [-0.25, -0.2) is 4.39 Å². The lowest BCUT2D eigenvalue weighted by Gasteiger charge is -2.36. The molecule has 0 amide bonds. The fourth-order valence-corrected chi connectivity index (χ4v) is 1.88. The van der Waals surface area contributed by atoms with Gasteiger partial charge >= 0.3 is 5.97 Å². The summed E-state index contributed by atoms with van der Waals surface area (Å²) >= 11 is 0. The van der Waals surface area contributed by atoms with Gasteiger partial charge in [-0.15, -0.1) is 0 Å². The van der Waals surface area contributed by atoms with Gasteiger partial charge in [0.15, 0.2) is 5.60 Å². The standard InChI is InChI=1S/C12H13FO2/c1-12(9-5-3-2-4-6-9)10(13)7-8-11(14)15-12/h2-6,10H,7-8H2,1H3/t10-,12+/m1/s1. The van der Waals surface area contributed by atoms with Gasteiger partial charge in [-0.05, 0) is 18.9 Å². The molecule has 0 unspecified atom stereocenters. The number of halogens is 1. The predicted octanol–water partition coefficient (Wildman–Crippen LogP) is 2.58. The average molecular weight is 208 g/mol. The first-order valence-electron chi connectivity index (χ1n) is 5.04. The van der Waals surface area contributed by atoms with E-state index in [-0.39, 0.29) is 18.8 Å². The summed E-state index contributed by atoms with van der Waals surface area (Å²) in [5, 5.41) is 0. The van der Waals surface area contributed by atoms with Crippen molar-refractivity contribution in [3.05, 3.63) is 35.9 Å². The van der Waals surface area contributed by atoms with Gasteiger partial charge in [-0.2, -0.15) is 0 Å². The van der Waals surface area contributed by atoms with E-state index in [4.69, 9.17) is 4.74 Å². The van der Waals surface area contributed by atoms with Gasteiger partial charge in [0.05, 0.1) is 0 Å². The second-order valence-corrected chi connectivity index (χ2v) is 3.95. The number of carbonyl (C=O) groups excluding carboxylic acids is 1. The van der Waals surface area contributed by atoms with Crippen LogP contribution in [0.25, 0.3) is 0 Å². The minimum atomic E-state index is -1.13. The molecule has 0 bridgehead atoms. The third kappa shape index (κ3) is 1.74. The first kappa shape index (κ1) is 10.1. The third-order valence-electron chi connectivity index (χ3n) is 2.87. The van der Waals surface area contributed by atoms with Crippen molar-refractivity contribution in [2.75, 3.05) is 0 Å². The lowest BCUT2D eigenvalue weighted by Crippen LogP contribution is -2.42. The molecule has 1 saturated heterocycles. The minimum Gasteiger partial charge on any atom is -0.451 e. The molecule has 80 valence electrons. The Bertz CT molecular complexity index is 363. The number of carbonyl (C=O) groups is 1. The molecule has 1 aromatic carbocycles. The van der Waals surface area contributed by atoms with Crippen LogP contribution in [-0.4, -0.2) is 12.1 Å². The van der Waals surface area contributed by atoms with Crippen molar-refractivity contribution < 1.29 is 13.9 Å². The largest absolute Gasteiger partial charge is 0.451 e. The highest BCUT2D eigenvalue weighted by molar-refractivity contribution is 5.71. The number of hydrogen-bond donors (Lipinski definition) is 0. The Hall–Kier alpha value is -1.38. The molecule has 1 heterocycles. The highest BCUT2D eigenvalue weighted by atomic mass is 19.1. The normalized spacial score (nSPS) is 31.1. The lowest BCUT2D eigenvalue weighted by atomic mass is 9.86. The molecule has 0 saturated carbocycles. The number of ether oxygens (including phenoxy) is 1. The summed E-state index contributed by atoms with van der Waals surface area (Å²) in [6.07, 6.45) is -0.717. The molecule has 1 aromatic rings. The molecule has 2 rings (SSSR count). The fourth-order valence-electron chi connectivity index (χ4n) is 1.88. The molecule has 2 atom stereocenters. The second kappa shape index (κ2) is 3.65. The van der Waals surface area contributed by atoms with Crippen LogP contribution in [-0.2, 0) is 15.1 Å². The number of alkyl halides is 1. The molecule has 0 radical (unpaired) electrons. The van der Waals surface area contributed by atoms with Crippen LogP contribution < -0.4 is 0 Å². The minimum absolute atomic E-state index is 0.170. The molecule has 2 nitrogen and oxygen atoms in total. The predicted molar refractivity (Wildman–Crippen MR) is 54.0 cm³/mol. The van der Waals surface area contributed by atoms with Crippen LogP contribution in [0.4, 0.5) is 4.39 Å². The molecule has 0 N–H and O–H groups in total. The van der Waals surface area contributed by atoms with Crippen molar-refractivity contribution in [3.8, 4) is 0 Å². The molecule has 15 heavy (non-hydrogen) atoms. The first-order chi connectivity index (χ1) is 7.13. The second-order valence-electron chi connectivity index (χ2n) is 3.95. The third-order valence-corrected chi connectivity index (χ3v) is 2.87. The summed E-state index contributed by atoms with van der Waals surface area (Å²) in [5.41, 5.74) is -0.401. The Morgan fingerprint density at radius 1 is 1.40 bits per heavy atom. The zero-order chi connectivity index (χ0) is 10.9. The smallest absolute Gasteiger partial charge is 0.306 e. The van der Waals surface area contributed by atoms with Gasteiger partial charge in [0.1, 0.15) is 6.17 Å². The van der Waals surface area contributed by atoms with Crippen molar-refractivity contribution >= 4 is 5.97 Å². The van der Waals surface area contributed by atoms with Crippen LogP contribution in [0.3, 0.4) is 0 Å². The maximum absolute atomic E-state index is 13.8. The van der Waals surface area contributed by atoms with E-state index >= 15 is 0 Å². The van der Waals surface area contributed by atoms with Crippen LogP contribution in [0.2, 0.25) is 0 Å². The topological polar surface area (TPSA) is 26.3 Å². The maximum Gasteiger partial charge on any atom is 0.306 e. The molecular formula is C12H13FO2. The highest BCUT2D eigenvalue weighted by Gasteiger charge is 2.43. The van der Waals surface area contributed by atoms with Gasteiger partial charge in [-0.1, -0.05) is 30.3 Å². The Balaban J connectivity index is 2.35.